The van der Waals surface area contributed by atoms with Crippen molar-refractivity contribution in [1.29, 1.82) is 0 Å². The van der Waals surface area contributed by atoms with Gasteiger partial charge in [0.1, 0.15) is 11.5 Å². The quantitative estimate of drug-likeness (QED) is 0.882. The predicted molar refractivity (Wildman–Crippen MR) is 74.3 cm³/mol. The summed E-state index contributed by atoms with van der Waals surface area (Å²) in [5.74, 6) is 0.421. The number of nitrogens with one attached hydrogen (secondary N) is 2. The molecule has 0 bridgehead atoms. The van der Waals surface area contributed by atoms with Gasteiger partial charge in [-0.15, -0.1) is 0 Å². The first-order chi connectivity index (χ1) is 9.11. The minimum absolute atomic E-state index is 0.185. The number of carbonyl (C=O) groups is 1. The topological polar surface area (TPSA) is 71.8 Å². The predicted octanol–water partition coefficient (Wildman–Crippen LogP) is 2.15. The zero-order chi connectivity index (χ0) is 13.8. The zero-order valence-electron chi connectivity index (χ0n) is 11.2. The van der Waals surface area contributed by atoms with Crippen LogP contribution in [0.5, 0.6) is 0 Å². The molecule has 6 nitrogen and oxygen atoms in total. The van der Waals surface area contributed by atoms with Gasteiger partial charge < -0.3 is 10.6 Å². The lowest BCUT2D eigenvalue weighted by atomic mass is 10.3. The molecule has 2 aromatic heterocycles. The molecule has 0 aromatic carbocycles. The van der Waals surface area contributed by atoms with Crippen molar-refractivity contribution in [3.8, 4) is 0 Å². The standard InChI is InChI=1S/C13H17N5O/c1-9(2)18-12(6-7-16-18)17-13(19)11-5-4-10(14-3)8-15-11/h4-9,14H,1-3H3,(H,17,19). The molecule has 0 fully saturated rings. The first-order valence-corrected chi connectivity index (χ1v) is 6.10. The number of aromatic nitrogens is 3. The van der Waals surface area contributed by atoms with E-state index in [-0.39, 0.29) is 11.9 Å². The normalized spacial score (nSPS) is 10.5. The van der Waals surface area contributed by atoms with Crippen LogP contribution in [0.25, 0.3) is 0 Å². The molecule has 1 amide bonds. The van der Waals surface area contributed by atoms with Crippen LogP contribution in [-0.4, -0.2) is 27.7 Å². The minimum atomic E-state index is -0.245. The molecule has 2 rings (SSSR count). The van der Waals surface area contributed by atoms with E-state index in [1.54, 1.807) is 36.3 Å². The Labute approximate surface area is 111 Å². The summed E-state index contributed by atoms with van der Waals surface area (Å²) in [7, 11) is 1.80. The summed E-state index contributed by atoms with van der Waals surface area (Å²) < 4.78 is 1.75. The van der Waals surface area contributed by atoms with Crippen LogP contribution >= 0.6 is 0 Å². The van der Waals surface area contributed by atoms with Crippen molar-refractivity contribution < 1.29 is 4.79 Å². The van der Waals surface area contributed by atoms with Crippen molar-refractivity contribution in [1.82, 2.24) is 14.8 Å². The Morgan fingerprint density at radius 2 is 2.11 bits per heavy atom. The fraction of sp³-hybridized carbons (Fsp3) is 0.308. The minimum Gasteiger partial charge on any atom is -0.387 e. The summed E-state index contributed by atoms with van der Waals surface area (Å²) in [6.07, 6.45) is 3.28. The lowest BCUT2D eigenvalue weighted by Gasteiger charge is -2.11. The van der Waals surface area contributed by atoms with E-state index in [2.05, 4.69) is 20.7 Å². The molecule has 0 radical (unpaired) electrons. The lowest BCUT2D eigenvalue weighted by molar-refractivity contribution is 0.102. The SMILES string of the molecule is CNc1ccc(C(=O)Nc2ccnn2C(C)C)nc1. The number of amides is 1. The van der Waals surface area contributed by atoms with Gasteiger partial charge >= 0.3 is 0 Å². The molecule has 2 heterocycles. The number of hydrogen-bond acceptors (Lipinski definition) is 4. The van der Waals surface area contributed by atoms with Gasteiger partial charge in [-0.2, -0.15) is 5.10 Å². The van der Waals surface area contributed by atoms with E-state index in [1.807, 2.05) is 19.9 Å². The van der Waals surface area contributed by atoms with Crippen LogP contribution in [0.1, 0.15) is 30.4 Å². The molecule has 0 saturated carbocycles. The Hall–Kier alpha value is -2.37. The van der Waals surface area contributed by atoms with Crippen LogP contribution < -0.4 is 10.6 Å². The van der Waals surface area contributed by atoms with Crippen molar-refractivity contribution in [3.05, 3.63) is 36.3 Å². The van der Waals surface area contributed by atoms with Crippen LogP contribution in [0.2, 0.25) is 0 Å². The van der Waals surface area contributed by atoms with Crippen molar-refractivity contribution in [2.24, 2.45) is 0 Å². The Morgan fingerprint density at radius 3 is 2.68 bits per heavy atom. The molecule has 0 spiro atoms. The van der Waals surface area contributed by atoms with E-state index in [1.165, 1.54) is 0 Å². The van der Waals surface area contributed by atoms with Gasteiger partial charge in [-0.3, -0.25) is 4.79 Å². The number of pyridine rings is 1. The van der Waals surface area contributed by atoms with Gasteiger partial charge in [0.25, 0.3) is 5.91 Å². The maximum atomic E-state index is 12.1. The van der Waals surface area contributed by atoms with E-state index in [0.29, 0.717) is 11.5 Å². The van der Waals surface area contributed by atoms with E-state index in [4.69, 9.17) is 0 Å². The van der Waals surface area contributed by atoms with Gasteiger partial charge in [-0.25, -0.2) is 9.67 Å². The Bertz CT molecular complexity index is 559. The van der Waals surface area contributed by atoms with Crippen LogP contribution in [0.4, 0.5) is 11.5 Å². The maximum Gasteiger partial charge on any atom is 0.275 e. The summed E-state index contributed by atoms with van der Waals surface area (Å²) in [6.45, 7) is 4.01. The number of carbonyl (C=O) groups excluding carboxylic acids is 1. The van der Waals surface area contributed by atoms with Crippen LogP contribution in [0.3, 0.4) is 0 Å². The molecule has 0 unspecified atom stereocenters. The van der Waals surface area contributed by atoms with E-state index < -0.39 is 0 Å². The third kappa shape index (κ3) is 2.90. The molecule has 0 saturated heterocycles. The third-order valence-electron chi connectivity index (χ3n) is 2.69. The summed E-state index contributed by atoms with van der Waals surface area (Å²) >= 11 is 0. The van der Waals surface area contributed by atoms with Gasteiger partial charge in [-0.1, -0.05) is 0 Å². The highest BCUT2D eigenvalue weighted by atomic mass is 16.2. The first-order valence-electron chi connectivity index (χ1n) is 6.10. The summed E-state index contributed by atoms with van der Waals surface area (Å²) in [5, 5.41) is 9.92. The molecule has 0 aliphatic carbocycles. The van der Waals surface area contributed by atoms with Crippen LogP contribution in [0.15, 0.2) is 30.6 Å². The lowest BCUT2D eigenvalue weighted by Crippen LogP contribution is -2.17. The van der Waals surface area contributed by atoms with Gasteiger partial charge in [-0.05, 0) is 26.0 Å². The van der Waals surface area contributed by atoms with Gasteiger partial charge in [0.15, 0.2) is 0 Å². The average molecular weight is 259 g/mol. The highest BCUT2D eigenvalue weighted by molar-refractivity contribution is 6.02. The Morgan fingerprint density at radius 1 is 1.32 bits per heavy atom. The first kappa shape index (κ1) is 13.1. The van der Waals surface area contributed by atoms with Crippen molar-refractivity contribution in [3.63, 3.8) is 0 Å². The fourth-order valence-corrected chi connectivity index (χ4v) is 1.68. The highest BCUT2D eigenvalue weighted by Crippen LogP contribution is 2.14. The number of hydrogen-bond donors (Lipinski definition) is 2. The molecule has 100 valence electrons. The van der Waals surface area contributed by atoms with E-state index >= 15 is 0 Å². The van der Waals surface area contributed by atoms with Gasteiger partial charge in [0.05, 0.1) is 18.1 Å². The summed E-state index contributed by atoms with van der Waals surface area (Å²) in [4.78, 5) is 16.2. The monoisotopic (exact) mass is 259 g/mol. The van der Waals surface area contributed by atoms with E-state index in [9.17, 15) is 4.79 Å². The second kappa shape index (κ2) is 5.51. The maximum absolute atomic E-state index is 12.1. The Balaban J connectivity index is 2.13. The molecular formula is C13H17N5O. The molecule has 2 aromatic rings. The summed E-state index contributed by atoms with van der Waals surface area (Å²) in [6, 6.07) is 5.43. The van der Waals surface area contributed by atoms with Crippen molar-refractivity contribution >= 4 is 17.4 Å². The summed E-state index contributed by atoms with van der Waals surface area (Å²) in [5.41, 5.74) is 1.24. The van der Waals surface area contributed by atoms with Gasteiger partial charge in [0.2, 0.25) is 0 Å². The largest absolute Gasteiger partial charge is 0.387 e. The number of anilines is 2. The van der Waals surface area contributed by atoms with E-state index in [0.717, 1.165) is 5.69 Å². The average Bonchev–Trinajstić information content (AvgIpc) is 2.87. The molecule has 0 aliphatic heterocycles. The second-order valence-electron chi connectivity index (χ2n) is 4.39. The third-order valence-corrected chi connectivity index (χ3v) is 2.69. The molecule has 6 heteroatoms. The number of nitrogens with zero attached hydrogens (tertiary/aromatic N) is 3. The van der Waals surface area contributed by atoms with Crippen LogP contribution in [-0.2, 0) is 0 Å². The zero-order valence-corrected chi connectivity index (χ0v) is 11.2. The highest BCUT2D eigenvalue weighted by Gasteiger charge is 2.12. The molecule has 2 N–H and O–H groups in total. The van der Waals surface area contributed by atoms with Crippen molar-refractivity contribution in [2.75, 3.05) is 17.7 Å². The molecular weight excluding hydrogens is 242 g/mol. The Kier molecular flexibility index (Phi) is 3.79. The molecule has 0 atom stereocenters. The molecule has 0 aliphatic rings. The smallest absolute Gasteiger partial charge is 0.275 e. The van der Waals surface area contributed by atoms with Crippen LogP contribution in [0, 0.1) is 0 Å². The second-order valence-corrected chi connectivity index (χ2v) is 4.39. The fourth-order valence-electron chi connectivity index (χ4n) is 1.68. The number of rotatable bonds is 4. The molecule has 19 heavy (non-hydrogen) atoms. The van der Waals surface area contributed by atoms with Gasteiger partial charge in [0, 0.05) is 19.2 Å². The van der Waals surface area contributed by atoms with Crippen molar-refractivity contribution in [2.45, 2.75) is 19.9 Å².